The van der Waals surface area contributed by atoms with E-state index in [1.165, 1.54) is 18.2 Å². The predicted octanol–water partition coefficient (Wildman–Crippen LogP) is 4.91. The van der Waals surface area contributed by atoms with Crippen molar-refractivity contribution in [3.8, 4) is 5.75 Å². The average molecular weight is 474 g/mol. The Bertz CT molecular complexity index is 1170. The quantitative estimate of drug-likeness (QED) is 0.510. The molecule has 3 heterocycles. The van der Waals surface area contributed by atoms with Crippen LogP contribution in [0.4, 0.5) is 17.5 Å². The zero-order valence-corrected chi connectivity index (χ0v) is 20.3. The van der Waals surface area contributed by atoms with Crippen molar-refractivity contribution in [2.24, 2.45) is 18.9 Å². The van der Waals surface area contributed by atoms with E-state index in [1.807, 2.05) is 24.5 Å². The lowest BCUT2D eigenvalue weighted by molar-refractivity contribution is 0.353. The zero-order chi connectivity index (χ0) is 22.8. The number of anilines is 3. The number of pyridine rings is 1. The Hall–Kier alpha value is -2.45. The second kappa shape index (κ2) is 9.58. The van der Waals surface area contributed by atoms with Gasteiger partial charge in [0.05, 0.1) is 11.7 Å². The van der Waals surface area contributed by atoms with Crippen LogP contribution in [0.5, 0.6) is 5.75 Å². The molecule has 4 rings (SSSR count). The summed E-state index contributed by atoms with van der Waals surface area (Å²) in [5.74, 6) is 3.21. The highest BCUT2D eigenvalue weighted by Gasteiger charge is 2.24. The molecule has 1 aliphatic heterocycles. The number of nitrogens with zero attached hydrogens (tertiary/aromatic N) is 4. The third-order valence-electron chi connectivity index (χ3n) is 5.67. The number of hydrogen-bond donors (Lipinski definition) is 1. The lowest BCUT2D eigenvalue weighted by atomic mass is 9.92. The Balaban J connectivity index is 1.64. The monoisotopic (exact) mass is 473 g/mol. The lowest BCUT2D eigenvalue weighted by Gasteiger charge is -2.35. The summed E-state index contributed by atoms with van der Waals surface area (Å²) in [6, 6.07) is 7.56. The van der Waals surface area contributed by atoms with E-state index in [-0.39, 0.29) is 5.56 Å². The summed E-state index contributed by atoms with van der Waals surface area (Å²) < 4.78 is 7.21. The van der Waals surface area contributed by atoms with E-state index < -0.39 is 0 Å². The normalized spacial score (nSPS) is 18.7. The molecule has 2 aromatic heterocycles. The van der Waals surface area contributed by atoms with Crippen LogP contribution in [0.2, 0.25) is 5.02 Å². The highest BCUT2D eigenvalue weighted by Crippen LogP contribution is 2.30. The zero-order valence-electron chi connectivity index (χ0n) is 18.8. The molecule has 2 atom stereocenters. The first kappa shape index (κ1) is 22.7. The van der Waals surface area contributed by atoms with E-state index in [9.17, 15) is 4.79 Å². The van der Waals surface area contributed by atoms with Crippen LogP contribution in [0, 0.1) is 11.8 Å². The number of hydrogen-bond acceptors (Lipinski definition) is 7. The van der Waals surface area contributed by atoms with Crippen molar-refractivity contribution in [3.63, 3.8) is 0 Å². The third kappa shape index (κ3) is 4.81. The number of benzene rings is 1. The molecule has 1 saturated heterocycles. The van der Waals surface area contributed by atoms with Crippen LogP contribution in [0.25, 0.3) is 10.9 Å². The van der Waals surface area contributed by atoms with Gasteiger partial charge < -0.3 is 19.5 Å². The fraction of sp³-hybridized carbons (Fsp3) is 0.435. The molecular weight excluding hydrogens is 446 g/mol. The Morgan fingerprint density at radius 3 is 2.72 bits per heavy atom. The van der Waals surface area contributed by atoms with Gasteiger partial charge in [-0.1, -0.05) is 25.4 Å². The smallest absolute Gasteiger partial charge is 0.293 e. The first-order valence-corrected chi connectivity index (χ1v) is 12.4. The maximum absolute atomic E-state index is 12.5. The lowest BCUT2D eigenvalue weighted by Crippen LogP contribution is -2.39. The Kier molecular flexibility index (Phi) is 6.81. The number of thioether (sulfide) groups is 1. The fourth-order valence-corrected chi connectivity index (χ4v) is 4.70. The van der Waals surface area contributed by atoms with Crippen LogP contribution >= 0.6 is 23.4 Å². The molecule has 1 aliphatic rings. The van der Waals surface area contributed by atoms with Crippen molar-refractivity contribution in [3.05, 3.63) is 45.8 Å². The highest BCUT2D eigenvalue weighted by molar-refractivity contribution is 7.98. The minimum absolute atomic E-state index is 0.152. The number of piperidine rings is 1. The Labute approximate surface area is 197 Å². The predicted molar refractivity (Wildman–Crippen MR) is 134 cm³/mol. The van der Waals surface area contributed by atoms with Crippen molar-refractivity contribution >= 4 is 51.7 Å². The summed E-state index contributed by atoms with van der Waals surface area (Å²) >= 11 is 7.94. The van der Waals surface area contributed by atoms with Gasteiger partial charge in [-0.25, -0.2) is 4.98 Å². The molecule has 1 N–H and O–H groups in total. The Morgan fingerprint density at radius 2 is 2.00 bits per heavy atom. The van der Waals surface area contributed by atoms with Crippen LogP contribution in [0.1, 0.15) is 20.3 Å². The van der Waals surface area contributed by atoms with Crippen molar-refractivity contribution < 1.29 is 4.74 Å². The first-order chi connectivity index (χ1) is 15.4. The minimum Gasteiger partial charge on any atom is -0.477 e. The van der Waals surface area contributed by atoms with Gasteiger partial charge in [0.15, 0.2) is 11.6 Å². The molecule has 0 saturated carbocycles. The maximum Gasteiger partial charge on any atom is 0.293 e. The van der Waals surface area contributed by atoms with Crippen molar-refractivity contribution in [1.29, 1.82) is 0 Å². The maximum atomic E-state index is 12.5. The number of aryl methyl sites for hydroxylation is 1. The number of rotatable bonds is 6. The van der Waals surface area contributed by atoms with E-state index in [0.29, 0.717) is 40.3 Å². The van der Waals surface area contributed by atoms with Gasteiger partial charge in [0, 0.05) is 31.2 Å². The Morgan fingerprint density at radius 1 is 1.25 bits per heavy atom. The summed E-state index contributed by atoms with van der Waals surface area (Å²) in [7, 11) is 1.75. The topological polar surface area (TPSA) is 72.3 Å². The molecule has 0 spiro atoms. The molecule has 1 fully saturated rings. The molecule has 0 unspecified atom stereocenters. The van der Waals surface area contributed by atoms with Crippen molar-refractivity contribution in [2.45, 2.75) is 20.3 Å². The van der Waals surface area contributed by atoms with Gasteiger partial charge in [0.2, 0.25) is 5.95 Å². The van der Waals surface area contributed by atoms with E-state index in [2.05, 4.69) is 29.0 Å². The van der Waals surface area contributed by atoms with Gasteiger partial charge in [0.25, 0.3) is 5.56 Å². The summed E-state index contributed by atoms with van der Waals surface area (Å²) in [5.41, 5.74) is 1.49. The van der Waals surface area contributed by atoms with Crippen molar-refractivity contribution in [2.75, 3.05) is 35.5 Å². The van der Waals surface area contributed by atoms with Crippen LogP contribution < -0.4 is 20.5 Å². The molecule has 7 nitrogen and oxygen atoms in total. The van der Waals surface area contributed by atoms with Crippen molar-refractivity contribution in [1.82, 2.24) is 14.5 Å². The van der Waals surface area contributed by atoms with Crippen LogP contribution in [0.3, 0.4) is 0 Å². The van der Waals surface area contributed by atoms with Gasteiger partial charge in [-0.2, -0.15) is 4.98 Å². The van der Waals surface area contributed by atoms with Gasteiger partial charge in [-0.3, -0.25) is 4.79 Å². The summed E-state index contributed by atoms with van der Waals surface area (Å²) in [6.45, 7) is 6.40. The van der Waals surface area contributed by atoms with Gasteiger partial charge in [-0.15, -0.1) is 11.8 Å². The number of fused-ring (bicyclic) bond motifs is 1. The second-order valence-electron chi connectivity index (χ2n) is 8.54. The van der Waals surface area contributed by atoms with Gasteiger partial charge in [-0.05, 0) is 48.8 Å². The molecule has 3 aromatic rings. The van der Waals surface area contributed by atoms with E-state index in [4.69, 9.17) is 21.3 Å². The molecule has 0 aliphatic carbocycles. The van der Waals surface area contributed by atoms with Gasteiger partial charge in [0.1, 0.15) is 11.0 Å². The third-order valence-corrected chi connectivity index (χ3v) is 6.30. The summed E-state index contributed by atoms with van der Waals surface area (Å²) in [6.07, 6.45) is 4.80. The first-order valence-electron chi connectivity index (χ1n) is 10.7. The van der Waals surface area contributed by atoms with Crippen LogP contribution in [-0.4, -0.2) is 39.8 Å². The summed E-state index contributed by atoms with van der Waals surface area (Å²) in [4.78, 5) is 23.9. The molecule has 32 heavy (non-hydrogen) atoms. The van der Waals surface area contributed by atoms with E-state index in [0.717, 1.165) is 29.7 Å². The van der Waals surface area contributed by atoms with Crippen LogP contribution in [-0.2, 0) is 7.05 Å². The molecule has 0 amide bonds. The summed E-state index contributed by atoms with van der Waals surface area (Å²) in [5, 5.41) is 4.66. The van der Waals surface area contributed by atoms with Gasteiger partial charge >= 0.3 is 0 Å². The number of halogens is 1. The number of aromatic nitrogens is 3. The molecular formula is C23H28ClN5O2S. The molecule has 1 aromatic carbocycles. The number of nitrogens with one attached hydrogen (secondary N) is 1. The highest BCUT2D eigenvalue weighted by atomic mass is 35.5. The van der Waals surface area contributed by atoms with E-state index >= 15 is 0 Å². The average Bonchev–Trinajstić information content (AvgIpc) is 2.76. The SMILES string of the molecule is CSCOc1cc2cc(Nc3nc(N4C[C@H](C)C[C@H](C)C4)ncc3Cl)ccc2n(C)c1=O. The minimum atomic E-state index is -0.152. The van der Waals surface area contributed by atoms with E-state index in [1.54, 1.807) is 23.9 Å². The largest absolute Gasteiger partial charge is 0.477 e. The fourth-order valence-electron chi connectivity index (χ4n) is 4.32. The number of ether oxygens (including phenoxy) is 1. The van der Waals surface area contributed by atoms with Crippen LogP contribution in [0.15, 0.2) is 35.3 Å². The molecule has 0 radical (unpaired) electrons. The molecule has 170 valence electrons. The molecule has 0 bridgehead atoms. The second-order valence-corrected chi connectivity index (χ2v) is 9.76. The molecule has 9 heteroatoms. The standard InChI is InChI=1S/C23H28ClN5O2S/c1-14-7-15(2)12-29(11-14)23-25-10-18(24)21(27-23)26-17-5-6-19-16(8-17)9-20(31-13-32-4)22(30)28(19)3/h5-6,8-10,14-15H,7,11-13H2,1-4H3,(H,25,26,27)/t14-,15+.